The van der Waals surface area contributed by atoms with E-state index in [1.54, 1.807) is 6.08 Å². The molecule has 86 valence electrons. The van der Waals surface area contributed by atoms with E-state index in [4.69, 9.17) is 23.2 Å². The van der Waals surface area contributed by atoms with Crippen molar-refractivity contribution in [3.8, 4) is 0 Å². The molecule has 0 nitrogen and oxygen atoms in total. The van der Waals surface area contributed by atoms with Crippen LogP contribution in [-0.2, 0) is 0 Å². The van der Waals surface area contributed by atoms with E-state index in [0.717, 1.165) is 10.6 Å². The number of hydrogen-bond acceptors (Lipinski definition) is 0. The fourth-order valence-corrected chi connectivity index (χ4v) is 0.955. The highest BCUT2D eigenvalue weighted by molar-refractivity contribution is 6.31. The Labute approximate surface area is 108 Å². The Bertz CT molecular complexity index is 335. The van der Waals surface area contributed by atoms with Gasteiger partial charge in [0.05, 0.1) is 0 Å². The van der Waals surface area contributed by atoms with Crippen LogP contribution in [0.25, 0.3) is 0 Å². The molecule has 0 bridgehead atoms. The van der Waals surface area contributed by atoms with Gasteiger partial charge in [-0.1, -0.05) is 65.7 Å². The molecule has 0 fully saturated rings. The van der Waals surface area contributed by atoms with Crippen LogP contribution in [0.1, 0.15) is 12.5 Å². The third kappa shape index (κ3) is 9.57. The fourth-order valence-electron chi connectivity index (χ4n) is 0.766. The van der Waals surface area contributed by atoms with Gasteiger partial charge >= 0.3 is 0 Å². The van der Waals surface area contributed by atoms with Crippen LogP contribution in [0.4, 0.5) is 0 Å². The summed E-state index contributed by atoms with van der Waals surface area (Å²) in [5.74, 6) is 0. The smallest absolute Gasteiger partial charge is 0.0406 e. The molecule has 0 saturated carbocycles. The highest BCUT2D eigenvalue weighted by Gasteiger charge is 1.81. The largest absolute Gasteiger partial charge is 0.0961 e. The van der Waals surface area contributed by atoms with Crippen molar-refractivity contribution in [3.05, 3.63) is 70.8 Å². The molecule has 1 aromatic rings. The van der Waals surface area contributed by atoms with Crippen molar-refractivity contribution in [2.75, 3.05) is 0 Å². The van der Waals surface area contributed by atoms with Gasteiger partial charge in [0.25, 0.3) is 0 Å². The SMILES string of the molecule is C=C(C)/C=C\C(=C)Cl.Cc1ccc(Cl)cc1. The second-order valence-electron chi connectivity index (χ2n) is 3.42. The maximum absolute atomic E-state index is 5.61. The molecule has 0 aromatic heterocycles. The van der Waals surface area contributed by atoms with E-state index in [9.17, 15) is 0 Å². The minimum Gasteiger partial charge on any atom is -0.0961 e. The van der Waals surface area contributed by atoms with Crippen molar-refractivity contribution in [2.24, 2.45) is 0 Å². The molecular formula is C14H16Cl2. The molecule has 0 spiro atoms. The Morgan fingerprint density at radius 2 is 1.62 bits per heavy atom. The zero-order valence-electron chi connectivity index (χ0n) is 9.63. The molecule has 0 aliphatic carbocycles. The van der Waals surface area contributed by atoms with Crippen molar-refractivity contribution in [3.63, 3.8) is 0 Å². The van der Waals surface area contributed by atoms with Crippen LogP contribution in [0.2, 0.25) is 5.02 Å². The second-order valence-corrected chi connectivity index (χ2v) is 4.34. The predicted molar refractivity (Wildman–Crippen MR) is 75.1 cm³/mol. The van der Waals surface area contributed by atoms with Crippen LogP contribution in [0.5, 0.6) is 0 Å². The van der Waals surface area contributed by atoms with E-state index in [1.165, 1.54) is 5.56 Å². The van der Waals surface area contributed by atoms with Crippen molar-refractivity contribution in [2.45, 2.75) is 13.8 Å². The number of halogens is 2. The van der Waals surface area contributed by atoms with Gasteiger partial charge in [-0.3, -0.25) is 0 Å². The number of rotatable bonds is 2. The number of hydrogen-bond donors (Lipinski definition) is 0. The number of allylic oxidation sites excluding steroid dienone is 4. The Morgan fingerprint density at radius 3 is 1.88 bits per heavy atom. The normalized spacial score (nSPS) is 9.50. The first-order valence-electron chi connectivity index (χ1n) is 4.82. The van der Waals surface area contributed by atoms with E-state index < -0.39 is 0 Å². The molecule has 1 rings (SSSR count). The first-order chi connectivity index (χ1) is 7.41. The van der Waals surface area contributed by atoms with Crippen molar-refractivity contribution in [1.82, 2.24) is 0 Å². The molecule has 0 saturated heterocycles. The summed E-state index contributed by atoms with van der Waals surface area (Å²) in [6.45, 7) is 11.0. The van der Waals surface area contributed by atoms with Crippen molar-refractivity contribution >= 4 is 23.2 Å². The van der Waals surface area contributed by atoms with Gasteiger partial charge in [0, 0.05) is 10.1 Å². The average molecular weight is 255 g/mol. The van der Waals surface area contributed by atoms with Gasteiger partial charge in [-0.2, -0.15) is 0 Å². The first-order valence-corrected chi connectivity index (χ1v) is 5.57. The van der Waals surface area contributed by atoms with Crippen LogP contribution >= 0.6 is 23.2 Å². The predicted octanol–water partition coefficient (Wildman–Crippen LogP) is 5.52. The highest BCUT2D eigenvalue weighted by atomic mass is 35.5. The average Bonchev–Trinajstić information content (AvgIpc) is 2.20. The Kier molecular flexibility index (Phi) is 7.70. The van der Waals surface area contributed by atoms with E-state index in [1.807, 2.05) is 44.2 Å². The molecule has 2 heteroatoms. The second kappa shape index (κ2) is 8.20. The molecule has 0 N–H and O–H groups in total. The lowest BCUT2D eigenvalue weighted by Gasteiger charge is -1.88. The third-order valence-electron chi connectivity index (χ3n) is 1.56. The number of aryl methyl sites for hydroxylation is 1. The zero-order valence-corrected chi connectivity index (χ0v) is 11.1. The molecule has 0 heterocycles. The molecule has 1 aromatic carbocycles. The summed E-state index contributed by atoms with van der Waals surface area (Å²) in [5.41, 5.74) is 2.22. The molecule has 0 atom stereocenters. The third-order valence-corrected chi connectivity index (χ3v) is 1.94. The fraction of sp³-hybridized carbons (Fsp3) is 0.143. The lowest BCUT2D eigenvalue weighted by Crippen LogP contribution is -1.66. The summed E-state index contributed by atoms with van der Waals surface area (Å²) in [5, 5.41) is 1.34. The maximum atomic E-state index is 5.61. The standard InChI is InChI=1S/C7H7Cl.C7H9Cl/c1-6-2-4-7(8)5-3-6;1-6(2)4-5-7(3)8/h2-5H,1H3;4-5H,1,3H2,2H3/b;5-4-. The van der Waals surface area contributed by atoms with Crippen LogP contribution in [-0.4, -0.2) is 0 Å². The number of benzene rings is 1. The van der Waals surface area contributed by atoms with Crippen LogP contribution in [0.3, 0.4) is 0 Å². The summed E-state index contributed by atoms with van der Waals surface area (Å²) in [6.07, 6.45) is 3.53. The Morgan fingerprint density at radius 1 is 1.12 bits per heavy atom. The van der Waals surface area contributed by atoms with Gasteiger partial charge in [0.15, 0.2) is 0 Å². The van der Waals surface area contributed by atoms with Crippen molar-refractivity contribution < 1.29 is 0 Å². The summed E-state index contributed by atoms with van der Waals surface area (Å²) < 4.78 is 0. The van der Waals surface area contributed by atoms with Crippen molar-refractivity contribution in [1.29, 1.82) is 0 Å². The summed E-state index contributed by atoms with van der Waals surface area (Å²) in [7, 11) is 0. The Balaban J connectivity index is 0.000000281. The lowest BCUT2D eigenvalue weighted by molar-refractivity contribution is 1.48. The van der Waals surface area contributed by atoms with Crippen LogP contribution in [0.15, 0.2) is 60.2 Å². The highest BCUT2D eigenvalue weighted by Crippen LogP contribution is 2.07. The molecule has 0 amide bonds. The van der Waals surface area contributed by atoms with Gasteiger partial charge in [-0.15, -0.1) is 0 Å². The van der Waals surface area contributed by atoms with Gasteiger partial charge in [-0.25, -0.2) is 0 Å². The molecule has 0 aliphatic heterocycles. The molecule has 0 unspecified atom stereocenters. The molecule has 0 radical (unpaired) electrons. The molecule has 16 heavy (non-hydrogen) atoms. The minimum absolute atomic E-state index is 0.535. The molecule has 0 aliphatic rings. The Hall–Kier alpha value is -0.980. The van der Waals surface area contributed by atoms with Gasteiger partial charge in [0.1, 0.15) is 0 Å². The van der Waals surface area contributed by atoms with Gasteiger partial charge in [-0.05, 0) is 32.1 Å². The summed E-state index contributed by atoms with van der Waals surface area (Å²) >= 11 is 11.0. The first kappa shape index (κ1) is 15.0. The lowest BCUT2D eigenvalue weighted by atomic mass is 10.2. The quantitative estimate of drug-likeness (QED) is 0.610. The maximum Gasteiger partial charge on any atom is 0.0406 e. The molecular weight excluding hydrogens is 239 g/mol. The monoisotopic (exact) mass is 254 g/mol. The van der Waals surface area contributed by atoms with E-state index in [0.29, 0.717) is 5.03 Å². The zero-order chi connectivity index (χ0) is 12.6. The topological polar surface area (TPSA) is 0 Å². The van der Waals surface area contributed by atoms with E-state index in [2.05, 4.69) is 13.2 Å². The van der Waals surface area contributed by atoms with E-state index in [-0.39, 0.29) is 0 Å². The van der Waals surface area contributed by atoms with Crippen LogP contribution in [0, 0.1) is 6.92 Å². The van der Waals surface area contributed by atoms with Gasteiger partial charge in [0.2, 0.25) is 0 Å². The summed E-state index contributed by atoms with van der Waals surface area (Å²) in [4.78, 5) is 0. The minimum atomic E-state index is 0.535. The van der Waals surface area contributed by atoms with Gasteiger partial charge < -0.3 is 0 Å². The van der Waals surface area contributed by atoms with E-state index >= 15 is 0 Å². The summed E-state index contributed by atoms with van der Waals surface area (Å²) in [6, 6.07) is 7.75. The van der Waals surface area contributed by atoms with Crippen LogP contribution < -0.4 is 0 Å².